The number of hydrogen-bond donors (Lipinski definition) is 2. The van der Waals surface area contributed by atoms with Gasteiger partial charge in [-0.15, -0.1) is 0 Å². The fourth-order valence-corrected chi connectivity index (χ4v) is 2.34. The smallest absolute Gasteiger partial charge is 0.276 e. The number of carbonyl (C=O) groups is 1. The van der Waals surface area contributed by atoms with Gasteiger partial charge in [0.05, 0.1) is 12.2 Å². The molecule has 2 aromatic rings. The first-order chi connectivity index (χ1) is 8.36. The van der Waals surface area contributed by atoms with E-state index in [1.807, 2.05) is 23.2 Å². The molecule has 0 bridgehead atoms. The van der Waals surface area contributed by atoms with Crippen LogP contribution in [0.3, 0.4) is 0 Å². The van der Waals surface area contributed by atoms with Gasteiger partial charge in [-0.05, 0) is 25.0 Å². The summed E-state index contributed by atoms with van der Waals surface area (Å²) in [5.74, 6) is -0.0594. The van der Waals surface area contributed by atoms with Crippen LogP contribution in [-0.2, 0) is 0 Å². The highest BCUT2D eigenvalue weighted by molar-refractivity contribution is 5.92. The normalized spacial score (nSPS) is 19.8. The molecule has 0 aliphatic carbocycles. The van der Waals surface area contributed by atoms with Gasteiger partial charge in [0.25, 0.3) is 5.91 Å². The summed E-state index contributed by atoms with van der Waals surface area (Å²) in [6, 6.07) is 4.10. The molecule has 1 unspecified atom stereocenters. The molecule has 0 radical (unpaired) electrons. The molecule has 1 atom stereocenters. The number of amides is 1. The third kappa shape index (κ3) is 1.71. The highest BCUT2D eigenvalue weighted by Gasteiger charge is 2.32. The van der Waals surface area contributed by atoms with Crippen LogP contribution in [0.15, 0.2) is 24.5 Å². The number of nitrogens with one attached hydrogen (secondary N) is 2. The predicted octanol–water partition coefficient (Wildman–Crippen LogP) is 1.11. The van der Waals surface area contributed by atoms with Crippen LogP contribution in [0, 0.1) is 0 Å². The molecule has 1 aliphatic heterocycles. The Balaban J connectivity index is 1.85. The summed E-state index contributed by atoms with van der Waals surface area (Å²) in [4.78, 5) is 17.2. The number of likely N-dealkylation sites (tertiary alicyclic amines) is 1. The van der Waals surface area contributed by atoms with E-state index in [9.17, 15) is 4.79 Å². The average molecular weight is 231 g/mol. The molecule has 6 nitrogen and oxygen atoms in total. The van der Waals surface area contributed by atoms with Crippen molar-refractivity contribution in [2.24, 2.45) is 0 Å². The Morgan fingerprint density at radius 1 is 1.53 bits per heavy atom. The largest absolute Gasteiger partial charge is 0.363 e. The van der Waals surface area contributed by atoms with E-state index in [0.29, 0.717) is 5.69 Å². The van der Waals surface area contributed by atoms with E-state index >= 15 is 0 Å². The number of aromatic amines is 2. The van der Waals surface area contributed by atoms with Crippen molar-refractivity contribution in [2.75, 3.05) is 6.54 Å². The maximum Gasteiger partial charge on any atom is 0.276 e. The Morgan fingerprint density at radius 2 is 2.47 bits per heavy atom. The third-order valence-electron chi connectivity index (χ3n) is 3.13. The molecule has 2 aromatic heterocycles. The lowest BCUT2D eigenvalue weighted by atomic mass is 10.1. The lowest BCUT2D eigenvalue weighted by molar-refractivity contribution is 0.0727. The van der Waals surface area contributed by atoms with Gasteiger partial charge in [-0.3, -0.25) is 4.79 Å². The first kappa shape index (κ1) is 10.1. The molecule has 1 saturated heterocycles. The molecule has 1 aliphatic rings. The quantitative estimate of drug-likeness (QED) is 0.812. The zero-order valence-electron chi connectivity index (χ0n) is 9.26. The number of H-pyrrole nitrogens is 2. The van der Waals surface area contributed by atoms with Crippen LogP contribution in [0.4, 0.5) is 0 Å². The van der Waals surface area contributed by atoms with Gasteiger partial charge in [-0.1, -0.05) is 0 Å². The van der Waals surface area contributed by atoms with Gasteiger partial charge >= 0.3 is 0 Å². The minimum Gasteiger partial charge on any atom is -0.363 e. The molecule has 3 heterocycles. The predicted molar refractivity (Wildman–Crippen MR) is 60.2 cm³/mol. The zero-order valence-corrected chi connectivity index (χ0v) is 9.26. The van der Waals surface area contributed by atoms with E-state index in [4.69, 9.17) is 0 Å². The average Bonchev–Trinajstić information content (AvgIpc) is 3.09. The Labute approximate surface area is 98.0 Å². The Bertz CT molecular complexity index is 490. The van der Waals surface area contributed by atoms with E-state index < -0.39 is 0 Å². The van der Waals surface area contributed by atoms with Crippen molar-refractivity contribution >= 4 is 5.91 Å². The summed E-state index contributed by atoms with van der Waals surface area (Å²) >= 11 is 0. The second kappa shape index (κ2) is 4.04. The first-order valence-corrected chi connectivity index (χ1v) is 5.66. The Hall–Kier alpha value is -2.11. The third-order valence-corrected chi connectivity index (χ3v) is 3.13. The van der Waals surface area contributed by atoms with Gasteiger partial charge in [0.2, 0.25) is 0 Å². The molecule has 0 spiro atoms. The summed E-state index contributed by atoms with van der Waals surface area (Å²) in [6.07, 6.45) is 5.36. The van der Waals surface area contributed by atoms with Crippen LogP contribution in [0.1, 0.15) is 35.1 Å². The van der Waals surface area contributed by atoms with Crippen molar-refractivity contribution in [2.45, 2.75) is 18.9 Å². The lowest BCUT2D eigenvalue weighted by Gasteiger charge is -2.22. The van der Waals surface area contributed by atoms with E-state index in [0.717, 1.165) is 25.1 Å². The maximum atomic E-state index is 12.2. The standard InChI is InChI=1S/C11H13N5O/c17-11(9-7-13-15-14-9)16-6-2-4-10(16)8-3-1-5-12-8/h1,3,5,7,10,12H,2,4,6H2,(H,13,14,15). The molecule has 3 rings (SSSR count). The van der Waals surface area contributed by atoms with Gasteiger partial charge in [0.1, 0.15) is 0 Å². The molecule has 6 heteroatoms. The second-order valence-corrected chi connectivity index (χ2v) is 4.14. The SMILES string of the molecule is O=C(c1cn[nH]n1)N1CCCC1c1ccc[nH]1. The lowest BCUT2D eigenvalue weighted by Crippen LogP contribution is -2.31. The van der Waals surface area contributed by atoms with Crippen LogP contribution in [-0.4, -0.2) is 37.7 Å². The zero-order chi connectivity index (χ0) is 11.7. The van der Waals surface area contributed by atoms with Crippen LogP contribution < -0.4 is 0 Å². The molecule has 88 valence electrons. The number of nitrogens with zero attached hydrogens (tertiary/aromatic N) is 3. The summed E-state index contributed by atoms with van der Waals surface area (Å²) in [6.45, 7) is 0.773. The van der Waals surface area contributed by atoms with E-state index in [1.54, 1.807) is 0 Å². The van der Waals surface area contributed by atoms with E-state index in [2.05, 4.69) is 20.4 Å². The van der Waals surface area contributed by atoms with E-state index in [1.165, 1.54) is 6.20 Å². The van der Waals surface area contributed by atoms with Gasteiger partial charge < -0.3 is 9.88 Å². The highest BCUT2D eigenvalue weighted by Crippen LogP contribution is 2.31. The molecule has 0 saturated carbocycles. The van der Waals surface area contributed by atoms with Gasteiger partial charge in [0, 0.05) is 18.4 Å². The van der Waals surface area contributed by atoms with Gasteiger partial charge in [-0.2, -0.15) is 15.4 Å². The molecule has 1 amide bonds. The highest BCUT2D eigenvalue weighted by atomic mass is 16.2. The second-order valence-electron chi connectivity index (χ2n) is 4.14. The van der Waals surface area contributed by atoms with Crippen LogP contribution >= 0.6 is 0 Å². The number of carbonyl (C=O) groups excluding carboxylic acids is 1. The monoisotopic (exact) mass is 231 g/mol. The maximum absolute atomic E-state index is 12.2. The minimum absolute atomic E-state index is 0.0594. The molecule has 2 N–H and O–H groups in total. The fourth-order valence-electron chi connectivity index (χ4n) is 2.34. The minimum atomic E-state index is -0.0594. The van der Waals surface area contributed by atoms with E-state index in [-0.39, 0.29) is 11.9 Å². The fraction of sp³-hybridized carbons (Fsp3) is 0.364. The molecular formula is C11H13N5O. The molecule has 17 heavy (non-hydrogen) atoms. The summed E-state index contributed by atoms with van der Waals surface area (Å²) < 4.78 is 0. The van der Waals surface area contributed by atoms with Crippen LogP contribution in [0.2, 0.25) is 0 Å². The van der Waals surface area contributed by atoms with Gasteiger partial charge in [0.15, 0.2) is 5.69 Å². The molecular weight excluding hydrogens is 218 g/mol. The number of aromatic nitrogens is 4. The summed E-state index contributed by atoms with van der Waals surface area (Å²) in [5.41, 5.74) is 1.46. The first-order valence-electron chi connectivity index (χ1n) is 5.66. The van der Waals surface area contributed by atoms with Crippen molar-refractivity contribution in [1.82, 2.24) is 25.3 Å². The molecule has 0 aromatic carbocycles. The Morgan fingerprint density at radius 3 is 3.18 bits per heavy atom. The van der Waals surface area contributed by atoms with Crippen molar-refractivity contribution in [3.05, 3.63) is 35.9 Å². The van der Waals surface area contributed by atoms with Crippen molar-refractivity contribution in [1.29, 1.82) is 0 Å². The Kier molecular flexibility index (Phi) is 2.40. The van der Waals surface area contributed by atoms with Crippen LogP contribution in [0.5, 0.6) is 0 Å². The number of rotatable bonds is 2. The number of hydrogen-bond acceptors (Lipinski definition) is 3. The molecule has 1 fully saturated rings. The summed E-state index contributed by atoms with van der Waals surface area (Å²) in [7, 11) is 0. The van der Waals surface area contributed by atoms with Gasteiger partial charge in [-0.25, -0.2) is 0 Å². The summed E-state index contributed by atoms with van der Waals surface area (Å²) in [5, 5.41) is 9.98. The van der Waals surface area contributed by atoms with Crippen molar-refractivity contribution in [3.63, 3.8) is 0 Å². The topological polar surface area (TPSA) is 77.7 Å². The van der Waals surface area contributed by atoms with Crippen molar-refractivity contribution in [3.8, 4) is 0 Å². The van der Waals surface area contributed by atoms with Crippen LogP contribution in [0.25, 0.3) is 0 Å². The van der Waals surface area contributed by atoms with Crippen molar-refractivity contribution < 1.29 is 4.79 Å².